The summed E-state index contributed by atoms with van der Waals surface area (Å²) in [6.07, 6.45) is 5.37. The van der Waals surface area contributed by atoms with Crippen LogP contribution in [0, 0.1) is 0 Å². The van der Waals surface area contributed by atoms with Gasteiger partial charge in [0.15, 0.2) is 5.69 Å². The maximum Gasteiger partial charge on any atom is 0.274 e. The summed E-state index contributed by atoms with van der Waals surface area (Å²) in [5.74, 6) is -0.0573. The minimum atomic E-state index is -0.0573. The summed E-state index contributed by atoms with van der Waals surface area (Å²) in [5, 5.41) is 7.96. The van der Waals surface area contributed by atoms with Crippen molar-refractivity contribution in [3.8, 4) is 5.69 Å². The van der Waals surface area contributed by atoms with Crippen molar-refractivity contribution in [3.05, 3.63) is 53.3 Å². The van der Waals surface area contributed by atoms with E-state index < -0.39 is 0 Å². The zero-order chi connectivity index (χ0) is 14.8. The van der Waals surface area contributed by atoms with Gasteiger partial charge in [-0.05, 0) is 40.9 Å². The second kappa shape index (κ2) is 5.81. The Hall–Kier alpha value is -1.95. The van der Waals surface area contributed by atoms with E-state index in [1.807, 2.05) is 29.2 Å². The lowest BCUT2D eigenvalue weighted by atomic mass is 10.3. The molecule has 108 valence electrons. The van der Waals surface area contributed by atoms with Gasteiger partial charge in [-0.2, -0.15) is 0 Å². The van der Waals surface area contributed by atoms with Gasteiger partial charge in [0.25, 0.3) is 5.91 Å². The SMILES string of the molecule is C=CCN(C(=O)c1cnnn1-c1ccccc1Br)C1CC1. The van der Waals surface area contributed by atoms with Crippen molar-refractivity contribution in [1.82, 2.24) is 19.9 Å². The average Bonchev–Trinajstić information content (AvgIpc) is 3.21. The Kier molecular flexibility index (Phi) is 3.88. The smallest absolute Gasteiger partial charge is 0.274 e. The molecule has 1 aliphatic carbocycles. The number of carbonyl (C=O) groups excluding carboxylic acids is 1. The molecule has 2 aromatic rings. The van der Waals surface area contributed by atoms with Gasteiger partial charge in [-0.25, -0.2) is 4.68 Å². The first-order chi connectivity index (χ1) is 10.2. The highest BCUT2D eigenvalue weighted by Crippen LogP contribution is 2.29. The van der Waals surface area contributed by atoms with E-state index in [4.69, 9.17) is 0 Å². The monoisotopic (exact) mass is 346 g/mol. The standard InChI is InChI=1S/C15H15BrN4O/c1-2-9-19(11-7-8-11)15(21)14-10-17-18-20(14)13-6-4-3-5-12(13)16/h2-6,10-11H,1,7-9H2. The molecule has 1 heterocycles. The van der Waals surface area contributed by atoms with Gasteiger partial charge in [-0.15, -0.1) is 11.7 Å². The number of carbonyl (C=O) groups is 1. The number of benzene rings is 1. The zero-order valence-electron chi connectivity index (χ0n) is 11.4. The molecule has 1 fully saturated rings. The van der Waals surface area contributed by atoms with E-state index in [9.17, 15) is 4.79 Å². The summed E-state index contributed by atoms with van der Waals surface area (Å²) in [6.45, 7) is 4.28. The fourth-order valence-electron chi connectivity index (χ4n) is 2.25. The van der Waals surface area contributed by atoms with E-state index in [0.29, 0.717) is 18.3 Å². The third kappa shape index (κ3) is 2.76. The molecule has 0 unspecified atom stereocenters. The normalized spacial score (nSPS) is 14.0. The highest BCUT2D eigenvalue weighted by molar-refractivity contribution is 9.10. The van der Waals surface area contributed by atoms with E-state index in [1.54, 1.807) is 10.8 Å². The van der Waals surface area contributed by atoms with E-state index in [2.05, 4.69) is 32.8 Å². The van der Waals surface area contributed by atoms with Crippen LogP contribution in [0.3, 0.4) is 0 Å². The first kappa shape index (κ1) is 14.0. The summed E-state index contributed by atoms with van der Waals surface area (Å²) in [6, 6.07) is 7.94. The predicted molar refractivity (Wildman–Crippen MR) is 83.3 cm³/mol. The van der Waals surface area contributed by atoms with Gasteiger partial charge in [0.05, 0.1) is 11.9 Å². The second-order valence-corrected chi connectivity index (χ2v) is 5.81. The summed E-state index contributed by atoms with van der Waals surface area (Å²) in [5.41, 5.74) is 1.27. The number of nitrogens with zero attached hydrogens (tertiary/aromatic N) is 4. The van der Waals surface area contributed by atoms with Crippen molar-refractivity contribution >= 4 is 21.8 Å². The summed E-state index contributed by atoms with van der Waals surface area (Å²) < 4.78 is 2.44. The number of amides is 1. The van der Waals surface area contributed by atoms with Gasteiger partial charge >= 0.3 is 0 Å². The average molecular weight is 347 g/mol. The Balaban J connectivity index is 1.97. The number of halogens is 1. The van der Waals surface area contributed by atoms with E-state index >= 15 is 0 Å². The molecule has 0 aliphatic heterocycles. The van der Waals surface area contributed by atoms with E-state index in [1.165, 1.54) is 6.20 Å². The largest absolute Gasteiger partial charge is 0.331 e. The molecule has 5 nitrogen and oxygen atoms in total. The lowest BCUT2D eigenvalue weighted by molar-refractivity contribution is 0.0753. The van der Waals surface area contributed by atoms with E-state index in [-0.39, 0.29) is 5.91 Å². The molecule has 0 saturated heterocycles. The molecule has 0 radical (unpaired) electrons. The van der Waals surface area contributed by atoms with Crippen LogP contribution in [-0.4, -0.2) is 38.4 Å². The Bertz CT molecular complexity index is 678. The Labute approximate surface area is 131 Å². The summed E-state index contributed by atoms with van der Waals surface area (Å²) in [4.78, 5) is 14.6. The van der Waals surface area contributed by atoms with Crippen LogP contribution in [0.15, 0.2) is 47.6 Å². The lowest BCUT2D eigenvalue weighted by Gasteiger charge is -2.20. The van der Waals surface area contributed by atoms with Gasteiger partial charge < -0.3 is 4.90 Å². The number of rotatable bonds is 5. The fourth-order valence-corrected chi connectivity index (χ4v) is 2.71. The van der Waals surface area contributed by atoms with Gasteiger partial charge in [0.2, 0.25) is 0 Å². The van der Waals surface area contributed by atoms with Gasteiger partial charge in [-0.1, -0.05) is 23.4 Å². The van der Waals surface area contributed by atoms with Gasteiger partial charge in [0.1, 0.15) is 0 Å². The first-order valence-corrected chi connectivity index (χ1v) is 7.59. The molecule has 1 aliphatic rings. The Morgan fingerprint density at radius 2 is 2.24 bits per heavy atom. The minimum Gasteiger partial charge on any atom is -0.331 e. The van der Waals surface area contributed by atoms with E-state index in [0.717, 1.165) is 23.0 Å². The highest BCUT2D eigenvalue weighted by atomic mass is 79.9. The van der Waals surface area contributed by atoms with Crippen LogP contribution >= 0.6 is 15.9 Å². The fraction of sp³-hybridized carbons (Fsp3) is 0.267. The van der Waals surface area contributed by atoms with Crippen LogP contribution < -0.4 is 0 Å². The molecule has 1 amide bonds. The summed E-state index contributed by atoms with van der Waals surface area (Å²) >= 11 is 3.48. The molecule has 6 heteroatoms. The van der Waals surface area contributed by atoms with Crippen LogP contribution in [0.5, 0.6) is 0 Å². The molecular weight excluding hydrogens is 332 g/mol. The number of aromatic nitrogens is 3. The van der Waals surface area contributed by atoms with Gasteiger partial charge in [-0.3, -0.25) is 4.79 Å². The first-order valence-electron chi connectivity index (χ1n) is 6.80. The number of hydrogen-bond donors (Lipinski definition) is 0. The lowest BCUT2D eigenvalue weighted by Crippen LogP contribution is -2.34. The topological polar surface area (TPSA) is 51.0 Å². The third-order valence-electron chi connectivity index (χ3n) is 3.42. The quantitative estimate of drug-likeness (QED) is 0.782. The maximum absolute atomic E-state index is 12.7. The minimum absolute atomic E-state index is 0.0573. The van der Waals surface area contributed by atoms with Crippen LogP contribution in [-0.2, 0) is 0 Å². The highest BCUT2D eigenvalue weighted by Gasteiger charge is 2.34. The van der Waals surface area contributed by atoms with Crippen molar-refractivity contribution in [2.24, 2.45) is 0 Å². The molecular formula is C15H15BrN4O. The molecule has 0 atom stereocenters. The van der Waals surface area contributed by atoms with Gasteiger partial charge in [0, 0.05) is 17.1 Å². The molecule has 0 bridgehead atoms. The molecule has 3 rings (SSSR count). The van der Waals surface area contributed by atoms with Crippen molar-refractivity contribution in [1.29, 1.82) is 0 Å². The molecule has 1 saturated carbocycles. The zero-order valence-corrected chi connectivity index (χ0v) is 13.0. The molecule has 21 heavy (non-hydrogen) atoms. The Morgan fingerprint density at radius 3 is 2.90 bits per heavy atom. The number of para-hydroxylation sites is 1. The van der Waals surface area contributed by atoms with Crippen LogP contribution in [0.4, 0.5) is 0 Å². The number of hydrogen-bond acceptors (Lipinski definition) is 3. The van der Waals surface area contributed by atoms with Crippen molar-refractivity contribution in [3.63, 3.8) is 0 Å². The van der Waals surface area contributed by atoms with Crippen LogP contribution in [0.1, 0.15) is 23.3 Å². The predicted octanol–water partition coefficient (Wildman–Crippen LogP) is 2.82. The van der Waals surface area contributed by atoms with Crippen LogP contribution in [0.2, 0.25) is 0 Å². The Morgan fingerprint density at radius 1 is 1.48 bits per heavy atom. The van der Waals surface area contributed by atoms with Crippen LogP contribution in [0.25, 0.3) is 5.69 Å². The summed E-state index contributed by atoms with van der Waals surface area (Å²) in [7, 11) is 0. The molecule has 0 N–H and O–H groups in total. The molecule has 0 spiro atoms. The molecule has 1 aromatic carbocycles. The van der Waals surface area contributed by atoms with Crippen molar-refractivity contribution in [2.75, 3.05) is 6.54 Å². The molecule has 1 aromatic heterocycles. The third-order valence-corrected chi connectivity index (χ3v) is 4.09. The van der Waals surface area contributed by atoms with Crippen molar-refractivity contribution in [2.45, 2.75) is 18.9 Å². The maximum atomic E-state index is 12.7. The second-order valence-electron chi connectivity index (χ2n) is 4.96. The van der Waals surface area contributed by atoms with Crippen molar-refractivity contribution < 1.29 is 4.79 Å².